The molecule has 0 bridgehead atoms. The first kappa shape index (κ1) is 19.6. The molecule has 0 radical (unpaired) electrons. The van der Waals surface area contributed by atoms with E-state index in [0.717, 1.165) is 22.6 Å². The zero-order valence-corrected chi connectivity index (χ0v) is 16.5. The second kappa shape index (κ2) is 9.18. The molecule has 2 aromatic heterocycles. The van der Waals surface area contributed by atoms with Crippen LogP contribution in [0.15, 0.2) is 46.4 Å². The van der Waals surface area contributed by atoms with E-state index in [1.165, 1.54) is 17.6 Å². The van der Waals surface area contributed by atoms with Gasteiger partial charge in [-0.15, -0.1) is 11.3 Å². The first-order valence-corrected chi connectivity index (χ1v) is 9.67. The van der Waals surface area contributed by atoms with Crippen molar-refractivity contribution >= 4 is 28.3 Å². The molecule has 0 aliphatic carbocycles. The highest BCUT2D eigenvalue weighted by molar-refractivity contribution is 7.14. The number of aryl methyl sites for hydroxylation is 1. The molecule has 2 heterocycles. The smallest absolute Gasteiger partial charge is 0.286 e. The predicted octanol–water partition coefficient (Wildman–Crippen LogP) is 3.87. The lowest BCUT2D eigenvalue weighted by atomic mass is 10.1. The molecule has 146 valence electrons. The van der Waals surface area contributed by atoms with Gasteiger partial charge in [0, 0.05) is 23.9 Å². The summed E-state index contributed by atoms with van der Waals surface area (Å²) in [6.45, 7) is 2.39. The zero-order chi connectivity index (χ0) is 19.9. The van der Waals surface area contributed by atoms with Crippen LogP contribution in [-0.4, -0.2) is 30.5 Å². The van der Waals surface area contributed by atoms with E-state index >= 15 is 0 Å². The maximum absolute atomic E-state index is 12.1. The summed E-state index contributed by atoms with van der Waals surface area (Å²) in [4.78, 5) is 28.3. The van der Waals surface area contributed by atoms with Crippen molar-refractivity contribution in [3.8, 4) is 17.0 Å². The van der Waals surface area contributed by atoms with E-state index in [9.17, 15) is 9.59 Å². The molecule has 7 nitrogen and oxygen atoms in total. The van der Waals surface area contributed by atoms with Crippen LogP contribution in [0.3, 0.4) is 0 Å². The van der Waals surface area contributed by atoms with Gasteiger partial charge in [0.05, 0.1) is 19.1 Å². The molecule has 0 saturated carbocycles. The summed E-state index contributed by atoms with van der Waals surface area (Å²) in [5.41, 5.74) is 2.75. The maximum atomic E-state index is 12.1. The van der Waals surface area contributed by atoms with Crippen molar-refractivity contribution in [1.82, 2.24) is 10.3 Å². The molecular weight excluding hydrogens is 378 g/mol. The molecular formula is C20H21N3O4S. The van der Waals surface area contributed by atoms with Gasteiger partial charge >= 0.3 is 0 Å². The molecule has 0 unspecified atom stereocenters. The van der Waals surface area contributed by atoms with Gasteiger partial charge in [-0.2, -0.15) is 0 Å². The van der Waals surface area contributed by atoms with Crippen molar-refractivity contribution in [2.75, 3.05) is 19.0 Å². The van der Waals surface area contributed by atoms with Crippen LogP contribution in [0.5, 0.6) is 5.75 Å². The van der Waals surface area contributed by atoms with Crippen LogP contribution in [0.25, 0.3) is 11.3 Å². The summed E-state index contributed by atoms with van der Waals surface area (Å²) in [6.07, 6.45) is 2.24. The third-order valence-electron chi connectivity index (χ3n) is 3.99. The van der Waals surface area contributed by atoms with E-state index in [4.69, 9.17) is 9.15 Å². The van der Waals surface area contributed by atoms with E-state index in [1.54, 1.807) is 19.2 Å². The number of thiazole rings is 1. The monoisotopic (exact) mass is 399 g/mol. The minimum absolute atomic E-state index is 0.149. The Morgan fingerprint density at radius 1 is 1.29 bits per heavy atom. The van der Waals surface area contributed by atoms with Crippen molar-refractivity contribution in [3.63, 3.8) is 0 Å². The molecule has 28 heavy (non-hydrogen) atoms. The Morgan fingerprint density at radius 2 is 2.14 bits per heavy atom. The van der Waals surface area contributed by atoms with E-state index in [-0.39, 0.29) is 24.0 Å². The zero-order valence-electron chi connectivity index (χ0n) is 15.7. The van der Waals surface area contributed by atoms with Gasteiger partial charge in [-0.1, -0.05) is 11.6 Å². The van der Waals surface area contributed by atoms with Crippen LogP contribution in [-0.2, 0) is 4.79 Å². The first-order chi connectivity index (χ1) is 13.6. The Labute approximate surface area is 166 Å². The first-order valence-electron chi connectivity index (χ1n) is 8.79. The lowest BCUT2D eigenvalue weighted by molar-refractivity contribution is -0.116. The number of benzene rings is 1. The molecule has 2 amide bonds. The fourth-order valence-corrected chi connectivity index (χ4v) is 3.33. The van der Waals surface area contributed by atoms with Crippen LogP contribution < -0.4 is 15.4 Å². The molecule has 0 atom stereocenters. The highest BCUT2D eigenvalue weighted by Crippen LogP contribution is 2.32. The van der Waals surface area contributed by atoms with Crippen LogP contribution in [0.1, 0.15) is 29.0 Å². The van der Waals surface area contributed by atoms with E-state index in [2.05, 4.69) is 15.6 Å². The number of furan rings is 1. The fraction of sp³-hybridized carbons (Fsp3) is 0.250. The van der Waals surface area contributed by atoms with Gasteiger partial charge in [0.2, 0.25) is 5.91 Å². The van der Waals surface area contributed by atoms with Crippen LogP contribution >= 0.6 is 11.3 Å². The summed E-state index contributed by atoms with van der Waals surface area (Å²) in [6, 6.07) is 9.12. The SMILES string of the molecule is COc1ccc(C)cc1-c1csc(NC(=O)CCCNC(=O)c2ccco2)n1. The van der Waals surface area contributed by atoms with Crippen molar-refractivity contribution in [1.29, 1.82) is 0 Å². The minimum Gasteiger partial charge on any atom is -0.496 e. The van der Waals surface area contributed by atoms with Gasteiger partial charge in [0.15, 0.2) is 10.9 Å². The lowest BCUT2D eigenvalue weighted by Gasteiger charge is -2.07. The Hall–Kier alpha value is -3.13. The summed E-state index contributed by atoms with van der Waals surface area (Å²) in [5, 5.41) is 7.92. The largest absolute Gasteiger partial charge is 0.496 e. The number of rotatable bonds is 8. The molecule has 1 aromatic carbocycles. The summed E-state index contributed by atoms with van der Waals surface area (Å²) >= 11 is 1.36. The number of hydrogen-bond donors (Lipinski definition) is 2. The Morgan fingerprint density at radius 3 is 2.89 bits per heavy atom. The molecule has 0 saturated heterocycles. The highest BCUT2D eigenvalue weighted by Gasteiger charge is 2.12. The average Bonchev–Trinajstić information content (AvgIpc) is 3.37. The molecule has 0 spiro atoms. The maximum Gasteiger partial charge on any atom is 0.286 e. The van der Waals surface area contributed by atoms with Gasteiger partial charge < -0.3 is 19.8 Å². The van der Waals surface area contributed by atoms with Gasteiger partial charge in [-0.25, -0.2) is 4.98 Å². The standard InChI is InChI=1S/C20H21N3O4S/c1-13-7-8-16(26-2)14(11-13)15-12-28-20(22-15)23-18(24)6-3-9-21-19(25)17-5-4-10-27-17/h4-5,7-8,10-12H,3,6,9H2,1-2H3,(H,21,25)(H,22,23,24). The number of carbonyl (C=O) groups excluding carboxylic acids is 2. The molecule has 3 aromatic rings. The number of nitrogens with zero attached hydrogens (tertiary/aromatic N) is 1. The third-order valence-corrected chi connectivity index (χ3v) is 4.75. The fourth-order valence-electron chi connectivity index (χ4n) is 2.60. The Bertz CT molecular complexity index is 950. The number of ether oxygens (including phenoxy) is 1. The van der Waals surface area contributed by atoms with E-state index in [1.807, 2.05) is 30.5 Å². The summed E-state index contributed by atoms with van der Waals surface area (Å²) < 4.78 is 10.4. The molecule has 8 heteroatoms. The van der Waals surface area contributed by atoms with Crippen molar-refractivity contribution in [2.45, 2.75) is 19.8 Å². The van der Waals surface area contributed by atoms with Crippen LogP contribution in [0, 0.1) is 6.92 Å². The highest BCUT2D eigenvalue weighted by atomic mass is 32.1. The van der Waals surface area contributed by atoms with Crippen molar-refractivity contribution < 1.29 is 18.7 Å². The predicted molar refractivity (Wildman–Crippen MR) is 108 cm³/mol. The number of aromatic nitrogens is 1. The topological polar surface area (TPSA) is 93.5 Å². The molecule has 0 aliphatic rings. The quantitative estimate of drug-likeness (QED) is 0.561. The van der Waals surface area contributed by atoms with Crippen molar-refractivity contribution in [3.05, 3.63) is 53.3 Å². The minimum atomic E-state index is -0.290. The number of amides is 2. The lowest BCUT2D eigenvalue weighted by Crippen LogP contribution is -2.25. The van der Waals surface area contributed by atoms with Gasteiger partial charge in [-0.3, -0.25) is 9.59 Å². The van der Waals surface area contributed by atoms with Crippen LogP contribution in [0.2, 0.25) is 0 Å². The second-order valence-corrected chi connectivity index (χ2v) is 6.98. The van der Waals surface area contributed by atoms with Crippen molar-refractivity contribution in [2.24, 2.45) is 0 Å². The third kappa shape index (κ3) is 4.98. The number of nitrogens with one attached hydrogen (secondary N) is 2. The molecule has 0 aliphatic heterocycles. The average molecular weight is 399 g/mol. The normalized spacial score (nSPS) is 10.5. The Balaban J connectivity index is 1.49. The van der Waals surface area contributed by atoms with E-state index in [0.29, 0.717) is 18.1 Å². The molecule has 3 rings (SSSR count). The molecule has 0 fully saturated rings. The van der Waals surface area contributed by atoms with E-state index < -0.39 is 0 Å². The van der Waals surface area contributed by atoms with Gasteiger partial charge in [0.25, 0.3) is 5.91 Å². The number of anilines is 1. The Kier molecular flexibility index (Phi) is 6.44. The number of carbonyl (C=O) groups is 2. The number of hydrogen-bond acceptors (Lipinski definition) is 6. The van der Waals surface area contributed by atoms with Gasteiger partial charge in [-0.05, 0) is 37.6 Å². The molecule has 2 N–H and O–H groups in total. The van der Waals surface area contributed by atoms with Crippen LogP contribution in [0.4, 0.5) is 5.13 Å². The summed E-state index contributed by atoms with van der Waals surface area (Å²) in [7, 11) is 1.62. The van der Waals surface area contributed by atoms with Gasteiger partial charge in [0.1, 0.15) is 5.75 Å². The summed E-state index contributed by atoms with van der Waals surface area (Å²) in [5.74, 6) is 0.554. The number of methoxy groups -OCH3 is 1. The second-order valence-electron chi connectivity index (χ2n) is 6.13.